The largest absolute Gasteiger partial charge is 0.492 e. The van der Waals surface area contributed by atoms with Crippen LogP contribution in [0.4, 0.5) is 15.9 Å². The molecule has 0 radical (unpaired) electrons. The average molecular weight is 517 g/mol. The summed E-state index contributed by atoms with van der Waals surface area (Å²) in [6.45, 7) is 4.96. The first-order valence-corrected chi connectivity index (χ1v) is 11.5. The molecule has 2 aromatic carbocycles. The minimum absolute atomic E-state index is 0.00490. The van der Waals surface area contributed by atoms with Crippen LogP contribution in [0.2, 0.25) is 0 Å². The first kappa shape index (κ1) is 23.3. The lowest BCUT2D eigenvalue weighted by atomic mass is 10.2. The normalized spacial score (nSPS) is 14.9. The zero-order chi connectivity index (χ0) is 23.2. The Morgan fingerprint density at radius 3 is 2.76 bits per heavy atom. The molecule has 4 rings (SSSR count). The molecule has 0 bridgehead atoms. The third-order valence-electron chi connectivity index (χ3n) is 5.45. The van der Waals surface area contributed by atoms with Crippen molar-refractivity contribution in [3.63, 3.8) is 0 Å². The number of likely N-dealkylation sites (N-methyl/N-ethyl adjacent to an activating group) is 1. The van der Waals surface area contributed by atoms with E-state index in [1.54, 1.807) is 24.3 Å². The number of aromatic nitrogens is 2. The van der Waals surface area contributed by atoms with Gasteiger partial charge in [0.1, 0.15) is 30.3 Å². The molecule has 0 spiro atoms. The Kier molecular flexibility index (Phi) is 7.69. The fourth-order valence-corrected chi connectivity index (χ4v) is 3.90. The first-order chi connectivity index (χ1) is 16.0. The van der Waals surface area contributed by atoms with Crippen molar-refractivity contribution in [1.82, 2.24) is 25.1 Å². The van der Waals surface area contributed by atoms with E-state index in [4.69, 9.17) is 4.74 Å². The van der Waals surface area contributed by atoms with Gasteiger partial charge in [-0.2, -0.15) is 0 Å². The van der Waals surface area contributed by atoms with Crippen LogP contribution >= 0.6 is 15.9 Å². The lowest BCUT2D eigenvalue weighted by Crippen LogP contribution is -2.48. The second-order valence-corrected chi connectivity index (χ2v) is 8.84. The Morgan fingerprint density at radius 1 is 1.15 bits per heavy atom. The molecule has 1 aliphatic rings. The van der Waals surface area contributed by atoms with Gasteiger partial charge in [0.05, 0.1) is 24.3 Å². The van der Waals surface area contributed by atoms with Crippen LogP contribution in [0, 0.1) is 5.82 Å². The maximum atomic E-state index is 14.2. The SMILES string of the molecule is CN1CCN(CC(=O)NCCOc2ccc3c(Nc4ccc(Br)cc4F)ncnc3c2)CC1. The van der Waals surface area contributed by atoms with Crippen LogP contribution in [0.3, 0.4) is 0 Å². The van der Waals surface area contributed by atoms with Gasteiger partial charge in [0, 0.05) is 42.1 Å². The zero-order valence-corrected chi connectivity index (χ0v) is 19.9. The van der Waals surface area contributed by atoms with Gasteiger partial charge in [-0.25, -0.2) is 14.4 Å². The number of anilines is 2. The van der Waals surface area contributed by atoms with E-state index in [1.165, 1.54) is 12.4 Å². The Morgan fingerprint density at radius 2 is 1.97 bits per heavy atom. The summed E-state index contributed by atoms with van der Waals surface area (Å²) in [5.41, 5.74) is 0.993. The van der Waals surface area contributed by atoms with Crippen LogP contribution in [0.1, 0.15) is 0 Å². The van der Waals surface area contributed by atoms with Crippen molar-refractivity contribution < 1.29 is 13.9 Å². The van der Waals surface area contributed by atoms with Crippen molar-refractivity contribution in [2.45, 2.75) is 0 Å². The number of ether oxygens (including phenoxy) is 1. The Labute approximate surface area is 200 Å². The van der Waals surface area contributed by atoms with Gasteiger partial charge >= 0.3 is 0 Å². The standard InChI is InChI=1S/C23H26BrFN6O2/c1-30-7-9-31(10-8-30)14-22(32)26-6-11-33-17-3-4-18-21(13-17)27-15-28-23(18)29-20-5-2-16(24)12-19(20)25/h2-5,12-13,15H,6-11,14H2,1H3,(H,26,32)(H,27,28,29). The van der Waals surface area contributed by atoms with Gasteiger partial charge in [-0.3, -0.25) is 9.69 Å². The number of carbonyl (C=O) groups is 1. The number of halogens is 2. The molecule has 0 saturated carbocycles. The monoisotopic (exact) mass is 516 g/mol. The van der Waals surface area contributed by atoms with Crippen LogP contribution in [0.15, 0.2) is 47.2 Å². The molecular weight excluding hydrogens is 491 g/mol. The molecule has 10 heteroatoms. The van der Waals surface area contributed by atoms with Crippen molar-refractivity contribution >= 4 is 44.2 Å². The van der Waals surface area contributed by atoms with Crippen LogP contribution in [-0.2, 0) is 4.79 Å². The molecule has 1 fully saturated rings. The smallest absolute Gasteiger partial charge is 0.234 e. The van der Waals surface area contributed by atoms with E-state index in [2.05, 4.69) is 53.4 Å². The van der Waals surface area contributed by atoms with Gasteiger partial charge in [0.2, 0.25) is 5.91 Å². The highest BCUT2D eigenvalue weighted by atomic mass is 79.9. The number of benzene rings is 2. The number of nitrogens with zero attached hydrogens (tertiary/aromatic N) is 4. The summed E-state index contributed by atoms with van der Waals surface area (Å²) in [5.74, 6) is 0.760. The highest BCUT2D eigenvalue weighted by Gasteiger charge is 2.16. The summed E-state index contributed by atoms with van der Waals surface area (Å²) < 4.78 is 20.6. The van der Waals surface area contributed by atoms with Crippen LogP contribution in [0.5, 0.6) is 5.75 Å². The van der Waals surface area contributed by atoms with E-state index < -0.39 is 0 Å². The quantitative estimate of drug-likeness (QED) is 0.445. The fourth-order valence-electron chi connectivity index (χ4n) is 3.57. The van der Waals surface area contributed by atoms with Crippen molar-refractivity contribution in [1.29, 1.82) is 0 Å². The summed E-state index contributed by atoms with van der Waals surface area (Å²) in [6.07, 6.45) is 1.42. The Hall–Kier alpha value is -2.82. The molecule has 0 unspecified atom stereocenters. The fraction of sp³-hybridized carbons (Fsp3) is 0.348. The van der Waals surface area contributed by atoms with Gasteiger partial charge in [-0.05, 0) is 37.4 Å². The topological polar surface area (TPSA) is 82.6 Å². The number of piperazine rings is 1. The molecule has 2 heterocycles. The first-order valence-electron chi connectivity index (χ1n) is 10.8. The van der Waals surface area contributed by atoms with Crippen LogP contribution < -0.4 is 15.4 Å². The predicted molar refractivity (Wildman–Crippen MR) is 129 cm³/mol. The highest BCUT2D eigenvalue weighted by Crippen LogP contribution is 2.28. The van der Waals surface area contributed by atoms with E-state index >= 15 is 0 Å². The van der Waals surface area contributed by atoms with Crippen molar-refractivity contribution in [3.8, 4) is 5.75 Å². The van der Waals surface area contributed by atoms with E-state index in [-0.39, 0.29) is 11.7 Å². The second-order valence-electron chi connectivity index (χ2n) is 7.93. The van der Waals surface area contributed by atoms with E-state index in [0.29, 0.717) is 46.9 Å². The molecule has 0 atom stereocenters. The molecule has 8 nitrogen and oxygen atoms in total. The number of hydrogen-bond donors (Lipinski definition) is 2. The summed E-state index contributed by atoms with van der Waals surface area (Å²) in [6, 6.07) is 10.2. The molecule has 3 aromatic rings. The third kappa shape index (κ3) is 6.37. The molecule has 1 aliphatic heterocycles. The lowest BCUT2D eigenvalue weighted by Gasteiger charge is -2.31. The van der Waals surface area contributed by atoms with Gasteiger partial charge in [0.15, 0.2) is 0 Å². The summed E-state index contributed by atoms with van der Waals surface area (Å²) >= 11 is 3.25. The van der Waals surface area contributed by atoms with Crippen molar-refractivity contribution in [2.24, 2.45) is 0 Å². The maximum absolute atomic E-state index is 14.2. The van der Waals surface area contributed by atoms with Gasteiger partial charge in [-0.1, -0.05) is 15.9 Å². The Bertz CT molecular complexity index is 1120. The van der Waals surface area contributed by atoms with Gasteiger partial charge in [-0.15, -0.1) is 0 Å². The van der Waals surface area contributed by atoms with Gasteiger partial charge < -0.3 is 20.3 Å². The molecule has 174 valence electrons. The average Bonchev–Trinajstić information content (AvgIpc) is 2.80. The summed E-state index contributed by atoms with van der Waals surface area (Å²) in [5, 5.41) is 6.66. The number of rotatable bonds is 8. The highest BCUT2D eigenvalue weighted by molar-refractivity contribution is 9.10. The second kappa shape index (κ2) is 10.9. The maximum Gasteiger partial charge on any atom is 0.234 e. The molecule has 2 N–H and O–H groups in total. The summed E-state index contributed by atoms with van der Waals surface area (Å²) in [7, 11) is 2.09. The number of hydrogen-bond acceptors (Lipinski definition) is 7. The lowest BCUT2D eigenvalue weighted by molar-refractivity contribution is -0.122. The number of amides is 1. The molecular formula is C23H26BrFN6O2. The Balaban J connectivity index is 1.30. The minimum Gasteiger partial charge on any atom is -0.492 e. The van der Waals surface area contributed by atoms with Crippen molar-refractivity contribution in [2.75, 3.05) is 58.2 Å². The number of fused-ring (bicyclic) bond motifs is 1. The molecule has 0 aliphatic carbocycles. The van der Waals surface area contributed by atoms with E-state index in [9.17, 15) is 9.18 Å². The molecule has 1 saturated heterocycles. The van der Waals surface area contributed by atoms with Gasteiger partial charge in [0.25, 0.3) is 0 Å². The minimum atomic E-state index is -0.384. The zero-order valence-electron chi connectivity index (χ0n) is 18.4. The molecule has 1 amide bonds. The molecule has 1 aromatic heterocycles. The predicted octanol–water partition coefficient (Wildman–Crippen LogP) is 3.02. The van der Waals surface area contributed by atoms with E-state index in [1.807, 2.05) is 6.07 Å². The van der Waals surface area contributed by atoms with Crippen LogP contribution in [0.25, 0.3) is 10.9 Å². The van der Waals surface area contributed by atoms with E-state index in [0.717, 1.165) is 31.6 Å². The van der Waals surface area contributed by atoms with Crippen molar-refractivity contribution in [3.05, 3.63) is 53.0 Å². The third-order valence-corrected chi connectivity index (χ3v) is 5.94. The summed E-state index contributed by atoms with van der Waals surface area (Å²) in [4.78, 5) is 25.1. The molecule has 33 heavy (non-hydrogen) atoms. The van der Waals surface area contributed by atoms with Crippen LogP contribution in [-0.4, -0.2) is 78.6 Å². The number of carbonyl (C=O) groups excluding carboxylic acids is 1. The number of nitrogens with one attached hydrogen (secondary N) is 2.